The van der Waals surface area contributed by atoms with E-state index < -0.39 is 11.7 Å². The number of alkyl halides is 3. The van der Waals surface area contributed by atoms with Crippen molar-refractivity contribution in [3.05, 3.63) is 49.7 Å². The molecule has 0 radical (unpaired) electrons. The molecule has 1 aliphatic heterocycles. The Kier molecular flexibility index (Phi) is 6.12. The number of amides is 1. The van der Waals surface area contributed by atoms with Crippen molar-refractivity contribution in [2.45, 2.75) is 6.18 Å². The van der Waals surface area contributed by atoms with E-state index in [0.29, 0.717) is 32.0 Å². The van der Waals surface area contributed by atoms with Crippen molar-refractivity contribution < 1.29 is 18.0 Å². The maximum atomic E-state index is 12.7. The molecular weight excluding hydrogens is 467 g/mol. The van der Waals surface area contributed by atoms with Crippen molar-refractivity contribution >= 4 is 56.7 Å². The third-order valence-corrected chi connectivity index (χ3v) is 5.89. The number of halogens is 5. The molecule has 1 saturated heterocycles. The van der Waals surface area contributed by atoms with Crippen LogP contribution < -0.4 is 4.90 Å². The van der Waals surface area contributed by atoms with E-state index in [4.69, 9.17) is 11.6 Å². The number of carbonyl (C=O) groups is 1. The summed E-state index contributed by atoms with van der Waals surface area (Å²) < 4.78 is 39.1. The van der Waals surface area contributed by atoms with Crippen LogP contribution in [0.3, 0.4) is 0 Å². The van der Waals surface area contributed by atoms with E-state index in [1.807, 2.05) is 12.1 Å². The summed E-state index contributed by atoms with van der Waals surface area (Å²) in [4.78, 5) is 20.6. The molecule has 4 nitrogen and oxygen atoms in total. The first kappa shape index (κ1) is 20.2. The molecule has 144 valence electrons. The molecule has 0 aromatic carbocycles. The van der Waals surface area contributed by atoms with Gasteiger partial charge >= 0.3 is 6.18 Å². The van der Waals surface area contributed by atoms with Crippen molar-refractivity contribution in [3.8, 4) is 0 Å². The van der Waals surface area contributed by atoms with Gasteiger partial charge in [0.15, 0.2) is 0 Å². The Morgan fingerprint density at radius 2 is 1.96 bits per heavy atom. The molecule has 0 N–H and O–H groups in total. The van der Waals surface area contributed by atoms with E-state index in [-0.39, 0.29) is 10.9 Å². The monoisotopic (exact) mass is 479 g/mol. The molecule has 0 unspecified atom stereocenters. The summed E-state index contributed by atoms with van der Waals surface area (Å²) in [5.41, 5.74) is -0.879. The van der Waals surface area contributed by atoms with Gasteiger partial charge in [0, 0.05) is 43.3 Å². The topological polar surface area (TPSA) is 36.4 Å². The van der Waals surface area contributed by atoms with Gasteiger partial charge in [-0.3, -0.25) is 4.79 Å². The average molecular weight is 481 g/mol. The molecular formula is C17H14BrClF3N3OS. The summed E-state index contributed by atoms with van der Waals surface area (Å²) in [5, 5.41) is -0.0484. The zero-order valence-corrected chi connectivity index (χ0v) is 17.0. The number of rotatable bonds is 3. The zero-order chi connectivity index (χ0) is 19.6. The van der Waals surface area contributed by atoms with Crippen molar-refractivity contribution in [3.63, 3.8) is 0 Å². The van der Waals surface area contributed by atoms with Gasteiger partial charge in [-0.15, -0.1) is 11.3 Å². The van der Waals surface area contributed by atoms with Crippen LogP contribution in [0.25, 0.3) is 6.08 Å². The highest BCUT2D eigenvalue weighted by Gasteiger charge is 2.32. The predicted molar refractivity (Wildman–Crippen MR) is 104 cm³/mol. The van der Waals surface area contributed by atoms with Gasteiger partial charge in [0.25, 0.3) is 0 Å². The highest BCUT2D eigenvalue weighted by molar-refractivity contribution is 9.11. The number of pyridine rings is 1. The Morgan fingerprint density at radius 3 is 2.52 bits per heavy atom. The molecule has 3 heterocycles. The summed E-state index contributed by atoms with van der Waals surface area (Å²) in [5.74, 6) is 0.196. The van der Waals surface area contributed by atoms with E-state index in [2.05, 4.69) is 20.9 Å². The first-order valence-corrected chi connectivity index (χ1v) is 9.93. The SMILES string of the molecule is O=C(/C=C/c1ccc(Br)s1)N1CCN(c2ncc(C(F)(F)F)cc2Cl)CC1. The molecule has 0 bridgehead atoms. The minimum absolute atomic E-state index is 0.0484. The van der Waals surface area contributed by atoms with Gasteiger partial charge in [-0.05, 0) is 40.2 Å². The van der Waals surface area contributed by atoms with Crippen LogP contribution in [0.5, 0.6) is 0 Å². The second-order valence-corrected chi connectivity index (χ2v) is 8.72. The fraction of sp³-hybridized carbons (Fsp3) is 0.294. The highest BCUT2D eigenvalue weighted by atomic mass is 79.9. The van der Waals surface area contributed by atoms with Gasteiger partial charge in [-0.25, -0.2) is 4.98 Å². The predicted octanol–water partition coefficient (Wildman–Crippen LogP) is 4.94. The van der Waals surface area contributed by atoms with Crippen molar-refractivity contribution in [2.75, 3.05) is 31.1 Å². The second kappa shape index (κ2) is 8.20. The molecule has 1 aliphatic rings. The summed E-state index contributed by atoms with van der Waals surface area (Å²) in [7, 11) is 0. The second-order valence-electron chi connectivity index (χ2n) is 5.81. The van der Waals surface area contributed by atoms with Gasteiger partial charge in [-0.1, -0.05) is 11.6 Å². The largest absolute Gasteiger partial charge is 0.417 e. The van der Waals surface area contributed by atoms with Gasteiger partial charge in [0.1, 0.15) is 5.82 Å². The highest BCUT2D eigenvalue weighted by Crippen LogP contribution is 2.33. The van der Waals surface area contributed by atoms with Crippen LogP contribution in [0.1, 0.15) is 10.4 Å². The maximum Gasteiger partial charge on any atom is 0.417 e. The Bertz CT molecular complexity index is 863. The minimum Gasteiger partial charge on any atom is -0.352 e. The van der Waals surface area contributed by atoms with Crippen LogP contribution in [0.15, 0.2) is 34.3 Å². The van der Waals surface area contributed by atoms with Crippen LogP contribution in [-0.4, -0.2) is 42.0 Å². The lowest BCUT2D eigenvalue weighted by molar-refractivity contribution is -0.137. The molecule has 0 saturated carbocycles. The van der Waals surface area contributed by atoms with Gasteiger partial charge < -0.3 is 9.80 Å². The smallest absolute Gasteiger partial charge is 0.352 e. The maximum absolute atomic E-state index is 12.7. The number of aromatic nitrogens is 1. The first-order valence-electron chi connectivity index (χ1n) is 7.94. The van der Waals surface area contributed by atoms with E-state index in [1.54, 1.807) is 15.9 Å². The number of thiophene rings is 1. The van der Waals surface area contributed by atoms with Gasteiger partial charge in [0.2, 0.25) is 5.91 Å². The van der Waals surface area contributed by atoms with E-state index in [9.17, 15) is 18.0 Å². The number of hydrogen-bond acceptors (Lipinski definition) is 4. The van der Waals surface area contributed by atoms with Crippen molar-refractivity contribution in [1.82, 2.24) is 9.88 Å². The molecule has 1 amide bonds. The van der Waals surface area contributed by atoms with Gasteiger partial charge in [0.05, 0.1) is 14.4 Å². The van der Waals surface area contributed by atoms with E-state index >= 15 is 0 Å². The minimum atomic E-state index is -4.48. The number of piperazine rings is 1. The van der Waals surface area contributed by atoms with Crippen LogP contribution in [0.4, 0.5) is 19.0 Å². The fourth-order valence-electron chi connectivity index (χ4n) is 2.63. The third-order valence-electron chi connectivity index (χ3n) is 4.02. The molecule has 3 rings (SSSR count). The molecule has 1 fully saturated rings. The van der Waals surface area contributed by atoms with Crippen LogP contribution in [-0.2, 0) is 11.0 Å². The van der Waals surface area contributed by atoms with Crippen molar-refractivity contribution in [1.29, 1.82) is 0 Å². The van der Waals surface area contributed by atoms with Crippen LogP contribution >= 0.6 is 38.9 Å². The lowest BCUT2D eigenvalue weighted by atomic mass is 10.2. The lowest BCUT2D eigenvalue weighted by Crippen LogP contribution is -2.48. The fourth-order valence-corrected chi connectivity index (χ4v) is 4.25. The summed E-state index contributed by atoms with van der Waals surface area (Å²) in [6, 6.07) is 4.70. The van der Waals surface area contributed by atoms with Crippen LogP contribution in [0, 0.1) is 0 Å². The standard InChI is InChI=1S/C17H14BrClF3N3OS/c18-14-3-1-12(27-14)2-4-15(26)24-5-7-25(8-6-24)16-13(19)9-11(10-23-16)17(20,21)22/h1-4,9-10H,5-8H2/b4-2+. The Balaban J connectivity index is 1.60. The molecule has 0 spiro atoms. The summed E-state index contributed by atoms with van der Waals surface area (Å²) in [6.07, 6.45) is -0.416. The van der Waals surface area contributed by atoms with E-state index in [1.165, 1.54) is 17.4 Å². The molecule has 2 aromatic heterocycles. The Labute approximate surface area is 171 Å². The number of hydrogen-bond donors (Lipinski definition) is 0. The quantitative estimate of drug-likeness (QED) is 0.584. The Hall–Kier alpha value is -1.58. The molecule has 27 heavy (non-hydrogen) atoms. The molecule has 0 atom stereocenters. The summed E-state index contributed by atoms with van der Waals surface area (Å²) >= 11 is 10.9. The number of nitrogens with zero attached hydrogens (tertiary/aromatic N) is 3. The third kappa shape index (κ3) is 5.03. The van der Waals surface area contributed by atoms with Gasteiger partial charge in [-0.2, -0.15) is 13.2 Å². The summed E-state index contributed by atoms with van der Waals surface area (Å²) in [6.45, 7) is 1.77. The average Bonchev–Trinajstić information content (AvgIpc) is 3.04. The zero-order valence-electron chi connectivity index (χ0n) is 13.8. The molecule has 2 aromatic rings. The van der Waals surface area contributed by atoms with Crippen LogP contribution in [0.2, 0.25) is 5.02 Å². The normalized spacial score (nSPS) is 15.6. The number of carbonyl (C=O) groups excluding carboxylic acids is 1. The molecule has 10 heteroatoms. The first-order chi connectivity index (χ1) is 12.7. The van der Waals surface area contributed by atoms with E-state index in [0.717, 1.165) is 20.9 Å². The lowest BCUT2D eigenvalue weighted by Gasteiger charge is -2.35. The number of anilines is 1. The molecule has 0 aliphatic carbocycles. The Morgan fingerprint density at radius 1 is 1.26 bits per heavy atom. The van der Waals surface area contributed by atoms with Crippen molar-refractivity contribution in [2.24, 2.45) is 0 Å².